The predicted molar refractivity (Wildman–Crippen MR) is 72.4 cm³/mol. The van der Waals surface area contributed by atoms with Gasteiger partial charge in [0, 0.05) is 12.8 Å². The van der Waals surface area contributed by atoms with Gasteiger partial charge in [0.05, 0.1) is 12.0 Å². The number of rotatable bonds is 4. The average molecular weight is 306 g/mol. The third-order valence-corrected chi connectivity index (χ3v) is 3.24. The third kappa shape index (κ3) is 3.18. The molecule has 1 aromatic carbocycles. The zero-order chi connectivity index (χ0) is 16.3. The Morgan fingerprint density at radius 2 is 2.27 bits per heavy atom. The molecule has 0 fully saturated rings. The first-order valence-electron chi connectivity index (χ1n) is 6.49. The molecular weight excluding hydrogens is 294 g/mol. The number of hydrogen-bond acceptors (Lipinski definition) is 5. The number of aromatic carboxylic acids is 1. The number of fused-ring (bicyclic) bond motifs is 1. The van der Waals surface area contributed by atoms with Gasteiger partial charge < -0.3 is 20.1 Å². The highest BCUT2D eigenvalue weighted by atomic mass is 19.1. The summed E-state index contributed by atoms with van der Waals surface area (Å²) in [5.41, 5.74) is -0.277. The minimum Gasteiger partial charge on any atom is -0.534 e. The van der Waals surface area contributed by atoms with Gasteiger partial charge in [0.15, 0.2) is 0 Å². The molecule has 114 valence electrons. The third-order valence-electron chi connectivity index (χ3n) is 3.24. The maximum atomic E-state index is 13.6. The normalized spacial score (nSPS) is 16.2. The van der Waals surface area contributed by atoms with Gasteiger partial charge in [-0.3, -0.25) is 4.79 Å². The summed E-state index contributed by atoms with van der Waals surface area (Å²) in [7, 11) is -1.50. The van der Waals surface area contributed by atoms with E-state index in [0.717, 1.165) is 6.07 Å². The van der Waals surface area contributed by atoms with Crippen molar-refractivity contribution in [3.8, 4) is 11.8 Å². The summed E-state index contributed by atoms with van der Waals surface area (Å²) in [5, 5.41) is 29.8. The van der Waals surface area contributed by atoms with Crippen LogP contribution in [0, 0.1) is 17.1 Å². The van der Waals surface area contributed by atoms with Crippen LogP contribution in [-0.4, -0.2) is 35.1 Å². The maximum absolute atomic E-state index is 13.6. The van der Waals surface area contributed by atoms with Crippen molar-refractivity contribution >= 4 is 19.0 Å². The average Bonchev–Trinajstić information content (AvgIpc) is 2.45. The number of carbonyl (C=O) groups is 2. The Morgan fingerprint density at radius 1 is 1.55 bits per heavy atom. The molecule has 0 aliphatic carbocycles. The number of carboxylic acid groups (broad SMARTS) is 1. The second-order valence-electron chi connectivity index (χ2n) is 4.76. The largest absolute Gasteiger partial charge is 0.547 e. The number of carbonyl (C=O) groups excluding carboxylic acids is 1. The van der Waals surface area contributed by atoms with Gasteiger partial charge in [-0.05, 0) is 18.1 Å². The molecule has 1 atom stereocenters. The summed E-state index contributed by atoms with van der Waals surface area (Å²) in [6, 6.07) is 4.17. The molecule has 3 N–H and O–H groups in total. The number of amides is 1. The van der Waals surface area contributed by atoms with Gasteiger partial charge in [-0.25, -0.2) is 9.18 Å². The lowest BCUT2D eigenvalue weighted by Crippen LogP contribution is -2.53. The quantitative estimate of drug-likeness (QED) is 0.687. The molecule has 22 heavy (non-hydrogen) atoms. The van der Waals surface area contributed by atoms with E-state index in [1.165, 1.54) is 6.07 Å². The first-order valence-corrected chi connectivity index (χ1v) is 6.49. The summed E-state index contributed by atoms with van der Waals surface area (Å²) in [4.78, 5) is 22.6. The van der Waals surface area contributed by atoms with E-state index in [1.54, 1.807) is 0 Å². The van der Waals surface area contributed by atoms with Crippen LogP contribution in [0.25, 0.3) is 0 Å². The van der Waals surface area contributed by atoms with Gasteiger partial charge in [-0.1, -0.05) is 6.07 Å². The molecule has 1 unspecified atom stereocenters. The lowest BCUT2D eigenvalue weighted by molar-refractivity contribution is -0.121. The second-order valence-corrected chi connectivity index (χ2v) is 4.76. The van der Waals surface area contributed by atoms with E-state index in [4.69, 9.17) is 15.0 Å². The number of benzene rings is 1. The van der Waals surface area contributed by atoms with Gasteiger partial charge in [0.25, 0.3) is 0 Å². The first kappa shape index (κ1) is 15.8. The van der Waals surface area contributed by atoms with Crippen molar-refractivity contribution in [2.75, 3.05) is 0 Å². The molecule has 1 aliphatic heterocycles. The van der Waals surface area contributed by atoms with Gasteiger partial charge in [-0.2, -0.15) is 5.26 Å². The summed E-state index contributed by atoms with van der Waals surface area (Å²) >= 11 is 0. The number of carboxylic acids is 1. The van der Waals surface area contributed by atoms with E-state index in [-0.39, 0.29) is 25.0 Å². The van der Waals surface area contributed by atoms with Crippen molar-refractivity contribution in [3.05, 3.63) is 29.1 Å². The second kappa shape index (κ2) is 6.45. The van der Waals surface area contributed by atoms with Crippen LogP contribution in [0.2, 0.25) is 0 Å². The SMILES string of the molecule is N#CCCC(=O)NC1Cc2ccc(F)c(C(=O)O)c2OB1O. The number of nitrogens with one attached hydrogen (secondary N) is 1. The first-order chi connectivity index (χ1) is 10.4. The van der Waals surface area contributed by atoms with Crippen LogP contribution in [0.5, 0.6) is 5.75 Å². The van der Waals surface area contributed by atoms with Crippen LogP contribution in [0.15, 0.2) is 12.1 Å². The number of hydrogen-bond donors (Lipinski definition) is 3. The highest BCUT2D eigenvalue weighted by Gasteiger charge is 2.38. The topological polar surface area (TPSA) is 120 Å². The molecule has 0 aromatic heterocycles. The maximum Gasteiger partial charge on any atom is 0.547 e. The number of nitrogens with zero attached hydrogens (tertiary/aromatic N) is 1. The molecule has 1 aliphatic rings. The van der Waals surface area contributed by atoms with Gasteiger partial charge >= 0.3 is 13.1 Å². The number of nitriles is 1. The molecule has 0 bridgehead atoms. The van der Waals surface area contributed by atoms with Crippen LogP contribution in [0.1, 0.15) is 28.8 Å². The molecule has 2 rings (SSSR count). The zero-order valence-electron chi connectivity index (χ0n) is 11.4. The highest BCUT2D eigenvalue weighted by molar-refractivity contribution is 6.47. The molecule has 0 radical (unpaired) electrons. The van der Waals surface area contributed by atoms with E-state index >= 15 is 0 Å². The lowest BCUT2D eigenvalue weighted by Gasteiger charge is -2.29. The molecule has 1 heterocycles. The fraction of sp³-hybridized carbons (Fsp3) is 0.308. The summed E-state index contributed by atoms with van der Waals surface area (Å²) in [6.45, 7) is 0. The van der Waals surface area contributed by atoms with E-state index in [1.807, 2.05) is 6.07 Å². The van der Waals surface area contributed by atoms with E-state index in [0.29, 0.717) is 5.56 Å². The van der Waals surface area contributed by atoms with Crippen molar-refractivity contribution in [1.82, 2.24) is 5.32 Å². The fourth-order valence-corrected chi connectivity index (χ4v) is 2.21. The van der Waals surface area contributed by atoms with Crippen molar-refractivity contribution in [3.63, 3.8) is 0 Å². The minimum atomic E-state index is -1.50. The van der Waals surface area contributed by atoms with E-state index in [2.05, 4.69) is 5.32 Å². The Bertz CT molecular complexity index is 661. The predicted octanol–water partition coefficient (Wildman–Crippen LogP) is 0.267. The minimum absolute atomic E-state index is 0.0175. The fourth-order valence-electron chi connectivity index (χ4n) is 2.21. The molecule has 1 aromatic rings. The van der Waals surface area contributed by atoms with E-state index < -0.39 is 36.3 Å². The van der Waals surface area contributed by atoms with Crippen molar-refractivity contribution < 1.29 is 28.8 Å². The Labute approximate surface area is 125 Å². The van der Waals surface area contributed by atoms with Crippen LogP contribution in [0.4, 0.5) is 4.39 Å². The Morgan fingerprint density at radius 3 is 2.91 bits per heavy atom. The monoisotopic (exact) mass is 306 g/mol. The molecule has 0 saturated carbocycles. The smallest absolute Gasteiger partial charge is 0.534 e. The summed E-state index contributed by atoms with van der Waals surface area (Å²) in [5.74, 6) is -3.93. The van der Waals surface area contributed by atoms with Crippen LogP contribution in [-0.2, 0) is 11.2 Å². The van der Waals surface area contributed by atoms with Gasteiger partial charge in [0.2, 0.25) is 5.91 Å². The number of halogens is 1. The van der Waals surface area contributed by atoms with Gasteiger partial charge in [-0.15, -0.1) is 0 Å². The highest BCUT2D eigenvalue weighted by Crippen LogP contribution is 2.32. The van der Waals surface area contributed by atoms with Crippen LogP contribution < -0.4 is 9.97 Å². The molecule has 0 spiro atoms. The molecule has 0 saturated heterocycles. The Kier molecular flexibility index (Phi) is 4.63. The van der Waals surface area contributed by atoms with Crippen molar-refractivity contribution in [1.29, 1.82) is 5.26 Å². The van der Waals surface area contributed by atoms with Crippen LogP contribution in [0.3, 0.4) is 0 Å². The Balaban J connectivity index is 2.21. The van der Waals surface area contributed by atoms with Crippen molar-refractivity contribution in [2.45, 2.75) is 25.2 Å². The molecule has 1 amide bonds. The molecule has 7 nitrogen and oxygen atoms in total. The van der Waals surface area contributed by atoms with Crippen LogP contribution >= 0.6 is 0 Å². The summed E-state index contributed by atoms with van der Waals surface area (Å²) in [6.07, 6.45) is 0.117. The Hall–Kier alpha value is -2.60. The van der Waals surface area contributed by atoms with Gasteiger partial charge in [0.1, 0.15) is 17.1 Å². The standard InChI is InChI=1S/C13H12BFN2O5/c15-8-4-3-7-6-9(17-10(18)2-1-5-16)14(21)22-12(7)11(8)13(19)20/h3-4,9,21H,1-2,6H2,(H,17,18)(H,19,20). The van der Waals surface area contributed by atoms with Crippen molar-refractivity contribution in [2.24, 2.45) is 0 Å². The molecular formula is C13H12BFN2O5. The summed E-state index contributed by atoms with van der Waals surface area (Å²) < 4.78 is 18.6. The van der Waals surface area contributed by atoms with E-state index in [9.17, 15) is 19.0 Å². The zero-order valence-corrected chi connectivity index (χ0v) is 11.4. The molecule has 9 heteroatoms. The lowest BCUT2D eigenvalue weighted by atomic mass is 9.72.